The molecule has 1 aliphatic rings. The molecule has 0 radical (unpaired) electrons. The molecule has 1 aliphatic carbocycles. The van der Waals surface area contributed by atoms with Gasteiger partial charge in [-0.2, -0.15) is 0 Å². The van der Waals surface area contributed by atoms with Crippen molar-refractivity contribution in [2.45, 2.75) is 83.7 Å². The van der Waals surface area contributed by atoms with Crippen LogP contribution in [0.25, 0.3) is 0 Å². The first-order valence-corrected chi connectivity index (χ1v) is 7.55. The van der Waals surface area contributed by atoms with Crippen molar-refractivity contribution < 1.29 is 9.47 Å². The zero-order valence-electron chi connectivity index (χ0n) is 11.8. The van der Waals surface area contributed by atoms with Gasteiger partial charge in [-0.15, -0.1) is 0 Å². The Balaban J connectivity index is 1.81. The maximum Gasteiger partial charge on any atom is 0.147 e. The van der Waals surface area contributed by atoms with Crippen molar-refractivity contribution in [1.82, 2.24) is 0 Å². The van der Waals surface area contributed by atoms with Crippen LogP contribution in [0.15, 0.2) is 0 Å². The Morgan fingerprint density at radius 2 is 1.65 bits per heavy atom. The van der Waals surface area contributed by atoms with Crippen LogP contribution in [0.5, 0.6) is 0 Å². The van der Waals surface area contributed by atoms with Crippen molar-refractivity contribution in [3.8, 4) is 0 Å². The SMILES string of the molecule is CCCCCCCCOCOC1(CC)CCC1. The fourth-order valence-electron chi connectivity index (χ4n) is 2.38. The minimum atomic E-state index is 0.182. The second-order valence-electron chi connectivity index (χ2n) is 5.33. The smallest absolute Gasteiger partial charge is 0.147 e. The molecular formula is C15H30O2. The van der Waals surface area contributed by atoms with Crippen LogP contribution in [0.2, 0.25) is 0 Å². The molecule has 0 N–H and O–H groups in total. The minimum absolute atomic E-state index is 0.182. The van der Waals surface area contributed by atoms with E-state index in [4.69, 9.17) is 9.47 Å². The maximum atomic E-state index is 5.84. The molecule has 0 atom stereocenters. The van der Waals surface area contributed by atoms with E-state index >= 15 is 0 Å². The summed E-state index contributed by atoms with van der Waals surface area (Å²) in [6.07, 6.45) is 12.8. The number of hydrogen-bond donors (Lipinski definition) is 0. The highest BCUT2D eigenvalue weighted by Crippen LogP contribution is 2.38. The summed E-state index contributed by atoms with van der Waals surface area (Å²) in [5.74, 6) is 0. The molecule has 0 heterocycles. The monoisotopic (exact) mass is 242 g/mol. The largest absolute Gasteiger partial charge is 0.355 e. The van der Waals surface area contributed by atoms with Gasteiger partial charge in [0, 0.05) is 6.61 Å². The highest BCUT2D eigenvalue weighted by molar-refractivity contribution is 4.87. The van der Waals surface area contributed by atoms with Crippen molar-refractivity contribution in [3.05, 3.63) is 0 Å². The van der Waals surface area contributed by atoms with Gasteiger partial charge in [0.2, 0.25) is 0 Å². The van der Waals surface area contributed by atoms with E-state index in [1.807, 2.05) is 0 Å². The number of rotatable bonds is 11. The lowest BCUT2D eigenvalue weighted by atomic mass is 9.78. The normalized spacial score (nSPS) is 18.0. The lowest BCUT2D eigenvalue weighted by molar-refractivity contribution is -0.175. The molecule has 2 heteroatoms. The molecule has 0 aromatic carbocycles. The van der Waals surface area contributed by atoms with Gasteiger partial charge in [-0.1, -0.05) is 46.0 Å². The zero-order valence-corrected chi connectivity index (χ0v) is 11.8. The molecule has 17 heavy (non-hydrogen) atoms. The summed E-state index contributed by atoms with van der Waals surface area (Å²) in [7, 11) is 0. The van der Waals surface area contributed by atoms with Crippen molar-refractivity contribution in [3.63, 3.8) is 0 Å². The van der Waals surface area contributed by atoms with Crippen LogP contribution >= 0.6 is 0 Å². The Morgan fingerprint density at radius 1 is 0.941 bits per heavy atom. The Labute approximate surface area is 107 Å². The van der Waals surface area contributed by atoms with Crippen molar-refractivity contribution >= 4 is 0 Å². The van der Waals surface area contributed by atoms with Gasteiger partial charge < -0.3 is 9.47 Å². The molecule has 102 valence electrons. The Bertz CT molecular complexity index is 170. The summed E-state index contributed by atoms with van der Waals surface area (Å²) in [5, 5.41) is 0. The van der Waals surface area contributed by atoms with E-state index in [0.29, 0.717) is 6.79 Å². The second-order valence-corrected chi connectivity index (χ2v) is 5.33. The number of hydrogen-bond acceptors (Lipinski definition) is 2. The third kappa shape index (κ3) is 5.87. The van der Waals surface area contributed by atoms with E-state index in [1.165, 1.54) is 57.8 Å². The molecule has 0 aliphatic heterocycles. The van der Waals surface area contributed by atoms with Gasteiger partial charge in [-0.3, -0.25) is 0 Å². The fourth-order valence-corrected chi connectivity index (χ4v) is 2.38. The van der Waals surface area contributed by atoms with Gasteiger partial charge >= 0.3 is 0 Å². The third-order valence-corrected chi connectivity index (χ3v) is 4.00. The molecule has 0 amide bonds. The average molecular weight is 242 g/mol. The molecule has 1 saturated carbocycles. The molecule has 0 aromatic heterocycles. The highest BCUT2D eigenvalue weighted by atomic mass is 16.7. The van der Waals surface area contributed by atoms with Gasteiger partial charge in [-0.05, 0) is 32.1 Å². The quantitative estimate of drug-likeness (QED) is 0.387. The molecule has 0 saturated heterocycles. The van der Waals surface area contributed by atoms with Crippen LogP contribution in [0.1, 0.15) is 78.1 Å². The van der Waals surface area contributed by atoms with Gasteiger partial charge in [0.1, 0.15) is 6.79 Å². The van der Waals surface area contributed by atoms with E-state index in [1.54, 1.807) is 0 Å². The predicted molar refractivity (Wildman–Crippen MR) is 72.2 cm³/mol. The lowest BCUT2D eigenvalue weighted by Gasteiger charge is -2.40. The van der Waals surface area contributed by atoms with E-state index < -0.39 is 0 Å². The summed E-state index contributed by atoms with van der Waals surface area (Å²) in [5.41, 5.74) is 0.182. The first kappa shape index (κ1) is 15.0. The minimum Gasteiger partial charge on any atom is -0.355 e. The van der Waals surface area contributed by atoms with Crippen LogP contribution in [0, 0.1) is 0 Å². The highest BCUT2D eigenvalue weighted by Gasteiger charge is 2.35. The van der Waals surface area contributed by atoms with E-state index in [0.717, 1.165) is 13.0 Å². The van der Waals surface area contributed by atoms with Crippen LogP contribution in [-0.4, -0.2) is 19.0 Å². The van der Waals surface area contributed by atoms with Crippen LogP contribution in [-0.2, 0) is 9.47 Å². The van der Waals surface area contributed by atoms with Crippen LogP contribution in [0.4, 0.5) is 0 Å². The number of unbranched alkanes of at least 4 members (excludes halogenated alkanes) is 5. The van der Waals surface area contributed by atoms with E-state index in [9.17, 15) is 0 Å². The van der Waals surface area contributed by atoms with Crippen LogP contribution < -0.4 is 0 Å². The predicted octanol–water partition coefficient (Wildman–Crippen LogP) is 4.67. The summed E-state index contributed by atoms with van der Waals surface area (Å²) in [4.78, 5) is 0. The molecule has 0 spiro atoms. The number of ether oxygens (including phenoxy) is 2. The summed E-state index contributed by atoms with van der Waals surface area (Å²) in [6.45, 7) is 5.84. The summed E-state index contributed by atoms with van der Waals surface area (Å²) >= 11 is 0. The van der Waals surface area contributed by atoms with Gasteiger partial charge in [0.15, 0.2) is 0 Å². The Hall–Kier alpha value is -0.0800. The first-order valence-electron chi connectivity index (χ1n) is 7.55. The topological polar surface area (TPSA) is 18.5 Å². The molecule has 0 aromatic rings. The molecule has 0 unspecified atom stereocenters. The van der Waals surface area contributed by atoms with Gasteiger partial charge in [0.25, 0.3) is 0 Å². The van der Waals surface area contributed by atoms with E-state index in [-0.39, 0.29) is 5.60 Å². The molecule has 0 bridgehead atoms. The third-order valence-electron chi connectivity index (χ3n) is 4.00. The summed E-state index contributed by atoms with van der Waals surface area (Å²) < 4.78 is 11.4. The Morgan fingerprint density at radius 3 is 2.24 bits per heavy atom. The van der Waals surface area contributed by atoms with Crippen molar-refractivity contribution in [2.24, 2.45) is 0 Å². The molecule has 1 fully saturated rings. The molecular weight excluding hydrogens is 212 g/mol. The van der Waals surface area contributed by atoms with Crippen LogP contribution in [0.3, 0.4) is 0 Å². The lowest BCUT2D eigenvalue weighted by Crippen LogP contribution is -2.39. The maximum absolute atomic E-state index is 5.84. The second kappa shape index (κ2) is 8.93. The van der Waals surface area contributed by atoms with Crippen molar-refractivity contribution in [1.29, 1.82) is 0 Å². The molecule has 2 nitrogen and oxygen atoms in total. The first-order chi connectivity index (χ1) is 8.33. The molecule has 1 rings (SSSR count). The standard InChI is InChI=1S/C15H30O2/c1-3-5-6-7-8-9-13-16-14-17-15(4-2)11-10-12-15/h3-14H2,1-2H3. The van der Waals surface area contributed by atoms with Gasteiger partial charge in [0.05, 0.1) is 5.60 Å². The average Bonchev–Trinajstić information content (AvgIpc) is 2.30. The van der Waals surface area contributed by atoms with E-state index in [2.05, 4.69) is 13.8 Å². The zero-order chi connectivity index (χ0) is 12.4. The van der Waals surface area contributed by atoms with Crippen molar-refractivity contribution in [2.75, 3.05) is 13.4 Å². The summed E-state index contributed by atoms with van der Waals surface area (Å²) in [6, 6.07) is 0. The van der Waals surface area contributed by atoms with Gasteiger partial charge in [-0.25, -0.2) is 0 Å². The fraction of sp³-hybridized carbons (Fsp3) is 1.00. The Kier molecular flexibility index (Phi) is 7.87.